The van der Waals surface area contributed by atoms with Crippen molar-refractivity contribution >= 4 is 5.97 Å². The lowest BCUT2D eigenvalue weighted by Gasteiger charge is -2.26. The predicted octanol–water partition coefficient (Wildman–Crippen LogP) is 0.701. The van der Waals surface area contributed by atoms with Crippen molar-refractivity contribution in [2.24, 2.45) is 5.41 Å². The summed E-state index contributed by atoms with van der Waals surface area (Å²) < 4.78 is 16.0. The van der Waals surface area contributed by atoms with Gasteiger partial charge in [0.1, 0.15) is 6.10 Å². The van der Waals surface area contributed by atoms with Gasteiger partial charge in [-0.25, -0.2) is 0 Å². The zero-order valence-electron chi connectivity index (χ0n) is 7.91. The van der Waals surface area contributed by atoms with Gasteiger partial charge in [-0.2, -0.15) is 0 Å². The second-order valence-corrected chi connectivity index (χ2v) is 3.89. The van der Waals surface area contributed by atoms with Gasteiger partial charge in [-0.3, -0.25) is 4.79 Å². The molecule has 0 unspecified atom stereocenters. The third-order valence-corrected chi connectivity index (χ3v) is 2.89. The summed E-state index contributed by atoms with van der Waals surface area (Å²) in [5, 5.41) is 0. The lowest BCUT2D eigenvalue weighted by Crippen LogP contribution is -2.36. The number of carbonyl (C=O) groups excluding carboxylic acids is 1. The summed E-state index contributed by atoms with van der Waals surface area (Å²) in [4.78, 5) is 10.8. The molecule has 2 aliphatic heterocycles. The minimum atomic E-state index is -0.248. The fraction of sp³-hybridized carbons (Fsp3) is 0.889. The van der Waals surface area contributed by atoms with Gasteiger partial charge in [-0.15, -0.1) is 0 Å². The average molecular weight is 186 g/mol. The number of ether oxygens (including phenoxy) is 3. The second kappa shape index (κ2) is 2.96. The van der Waals surface area contributed by atoms with Gasteiger partial charge < -0.3 is 14.2 Å². The van der Waals surface area contributed by atoms with Crippen LogP contribution in [0, 0.1) is 5.41 Å². The molecule has 0 aromatic heterocycles. The summed E-state index contributed by atoms with van der Waals surface area (Å²) in [5.74, 6) is -0.248. The molecule has 0 N–H and O–H groups in total. The first-order chi connectivity index (χ1) is 6.13. The van der Waals surface area contributed by atoms with Crippen LogP contribution in [-0.4, -0.2) is 31.6 Å². The van der Waals surface area contributed by atoms with E-state index in [1.54, 1.807) is 0 Å². The van der Waals surface area contributed by atoms with E-state index in [4.69, 9.17) is 14.2 Å². The predicted molar refractivity (Wildman–Crippen MR) is 44.0 cm³/mol. The van der Waals surface area contributed by atoms with Crippen LogP contribution < -0.4 is 0 Å². The quantitative estimate of drug-likeness (QED) is 0.565. The summed E-state index contributed by atoms with van der Waals surface area (Å²) >= 11 is 0. The highest BCUT2D eigenvalue weighted by Crippen LogP contribution is 2.44. The molecule has 2 fully saturated rings. The zero-order chi connectivity index (χ0) is 9.47. The molecule has 4 nitrogen and oxygen atoms in total. The standard InChI is InChI=1S/C9H14O4/c1-6(10)13-7-5-12-8-9(7,2)3-4-11-8/h7-8H,3-5H2,1-2H3/t7-,8+,9-/m1/s1. The molecule has 2 rings (SSSR count). The lowest BCUT2D eigenvalue weighted by molar-refractivity contribution is -0.150. The molecular formula is C9H14O4. The van der Waals surface area contributed by atoms with Gasteiger partial charge in [0.2, 0.25) is 0 Å². The molecule has 0 amide bonds. The normalized spacial score (nSPS) is 43.2. The fourth-order valence-corrected chi connectivity index (χ4v) is 1.98. The van der Waals surface area contributed by atoms with Crippen LogP contribution in [0.15, 0.2) is 0 Å². The molecule has 0 bridgehead atoms. The first-order valence-electron chi connectivity index (χ1n) is 4.53. The summed E-state index contributed by atoms with van der Waals surface area (Å²) in [6.07, 6.45) is 0.574. The Balaban J connectivity index is 2.09. The molecule has 13 heavy (non-hydrogen) atoms. The number of hydrogen-bond donors (Lipinski definition) is 0. The van der Waals surface area contributed by atoms with Crippen LogP contribution >= 0.6 is 0 Å². The smallest absolute Gasteiger partial charge is 0.303 e. The van der Waals surface area contributed by atoms with Crippen molar-refractivity contribution in [2.45, 2.75) is 32.7 Å². The molecule has 74 valence electrons. The summed E-state index contributed by atoms with van der Waals surface area (Å²) in [7, 11) is 0. The Hall–Kier alpha value is -0.610. The molecule has 2 saturated heterocycles. The van der Waals surface area contributed by atoms with Crippen molar-refractivity contribution in [3.05, 3.63) is 0 Å². The maximum atomic E-state index is 10.8. The Morgan fingerprint density at radius 3 is 3.00 bits per heavy atom. The Morgan fingerprint density at radius 1 is 1.54 bits per heavy atom. The molecule has 0 aliphatic carbocycles. The van der Waals surface area contributed by atoms with E-state index in [-0.39, 0.29) is 23.8 Å². The van der Waals surface area contributed by atoms with Gasteiger partial charge in [-0.05, 0) is 6.42 Å². The zero-order valence-corrected chi connectivity index (χ0v) is 7.91. The van der Waals surface area contributed by atoms with Crippen molar-refractivity contribution in [1.29, 1.82) is 0 Å². The van der Waals surface area contributed by atoms with Crippen LogP contribution in [-0.2, 0) is 19.0 Å². The van der Waals surface area contributed by atoms with E-state index in [9.17, 15) is 4.79 Å². The number of rotatable bonds is 1. The number of carbonyl (C=O) groups is 1. The van der Waals surface area contributed by atoms with E-state index in [1.807, 2.05) is 6.92 Å². The van der Waals surface area contributed by atoms with Crippen LogP contribution in [0.2, 0.25) is 0 Å². The van der Waals surface area contributed by atoms with Gasteiger partial charge in [-0.1, -0.05) is 6.92 Å². The minimum absolute atomic E-state index is 0.133. The second-order valence-electron chi connectivity index (χ2n) is 3.89. The summed E-state index contributed by atoms with van der Waals surface area (Å²) in [6.45, 7) is 4.62. The highest BCUT2D eigenvalue weighted by Gasteiger charge is 2.53. The topological polar surface area (TPSA) is 44.8 Å². The Bertz CT molecular complexity index is 228. The SMILES string of the molecule is CC(=O)O[C@@H]1CO[C@@H]2OCC[C@@]21C. The van der Waals surface area contributed by atoms with E-state index in [0.717, 1.165) is 6.42 Å². The Morgan fingerprint density at radius 2 is 2.31 bits per heavy atom. The average Bonchev–Trinajstić information content (AvgIpc) is 2.51. The first kappa shape index (κ1) is 8.97. The molecule has 0 radical (unpaired) electrons. The molecule has 0 saturated carbocycles. The first-order valence-corrected chi connectivity index (χ1v) is 4.53. The third-order valence-electron chi connectivity index (χ3n) is 2.89. The minimum Gasteiger partial charge on any atom is -0.459 e. The highest BCUT2D eigenvalue weighted by molar-refractivity contribution is 5.66. The maximum absolute atomic E-state index is 10.8. The number of fused-ring (bicyclic) bond motifs is 1. The highest BCUT2D eigenvalue weighted by atomic mass is 16.7. The van der Waals surface area contributed by atoms with Crippen LogP contribution in [0.5, 0.6) is 0 Å². The van der Waals surface area contributed by atoms with Gasteiger partial charge in [0, 0.05) is 6.92 Å². The monoisotopic (exact) mass is 186 g/mol. The van der Waals surface area contributed by atoms with Crippen molar-refractivity contribution in [3.8, 4) is 0 Å². The van der Waals surface area contributed by atoms with Gasteiger partial charge in [0.15, 0.2) is 6.29 Å². The maximum Gasteiger partial charge on any atom is 0.303 e. The Labute approximate surface area is 77.1 Å². The van der Waals surface area contributed by atoms with Crippen molar-refractivity contribution < 1.29 is 19.0 Å². The molecule has 0 aromatic rings. The van der Waals surface area contributed by atoms with E-state index in [2.05, 4.69) is 0 Å². The van der Waals surface area contributed by atoms with Crippen molar-refractivity contribution in [3.63, 3.8) is 0 Å². The van der Waals surface area contributed by atoms with Crippen LogP contribution in [0.25, 0.3) is 0 Å². The molecule has 4 heteroatoms. The van der Waals surface area contributed by atoms with E-state index < -0.39 is 0 Å². The third kappa shape index (κ3) is 1.34. The van der Waals surface area contributed by atoms with Gasteiger partial charge in [0.05, 0.1) is 18.6 Å². The molecule has 0 aromatic carbocycles. The number of hydrogen-bond acceptors (Lipinski definition) is 4. The molecule has 0 spiro atoms. The van der Waals surface area contributed by atoms with E-state index >= 15 is 0 Å². The molecular weight excluding hydrogens is 172 g/mol. The largest absolute Gasteiger partial charge is 0.459 e. The van der Waals surface area contributed by atoms with Gasteiger partial charge >= 0.3 is 5.97 Å². The van der Waals surface area contributed by atoms with Crippen LogP contribution in [0.1, 0.15) is 20.3 Å². The van der Waals surface area contributed by atoms with Crippen molar-refractivity contribution in [1.82, 2.24) is 0 Å². The van der Waals surface area contributed by atoms with Crippen LogP contribution in [0.3, 0.4) is 0 Å². The molecule has 2 heterocycles. The van der Waals surface area contributed by atoms with Crippen LogP contribution in [0.4, 0.5) is 0 Å². The molecule has 2 aliphatic rings. The summed E-state index contributed by atoms with van der Waals surface area (Å²) in [5.41, 5.74) is -0.133. The van der Waals surface area contributed by atoms with Gasteiger partial charge in [0.25, 0.3) is 0 Å². The van der Waals surface area contributed by atoms with E-state index in [1.165, 1.54) is 6.92 Å². The van der Waals surface area contributed by atoms with E-state index in [0.29, 0.717) is 13.2 Å². The fourth-order valence-electron chi connectivity index (χ4n) is 1.98. The lowest BCUT2D eigenvalue weighted by atomic mass is 9.84. The summed E-state index contributed by atoms with van der Waals surface area (Å²) in [6, 6.07) is 0. The molecule has 3 atom stereocenters. The van der Waals surface area contributed by atoms with Crippen molar-refractivity contribution in [2.75, 3.05) is 13.2 Å². The number of esters is 1. The Kier molecular flexibility index (Phi) is 2.04.